The molecule has 0 radical (unpaired) electrons. The third-order valence-electron chi connectivity index (χ3n) is 4.74. The van der Waals surface area contributed by atoms with Gasteiger partial charge in [-0.1, -0.05) is 37.3 Å². The van der Waals surface area contributed by atoms with Crippen LogP contribution in [0, 0.1) is 0 Å². The Morgan fingerprint density at radius 2 is 1.81 bits per heavy atom. The Morgan fingerprint density at radius 3 is 2.33 bits per heavy atom. The standard InChI is InChI=1S/C21H23NO4S/c1-3-20(16-7-5-4-6-8-16)21(23)22(18-13-14-27(24,25)15-18)17-9-11-19(26-2)12-10-17/h4-14,18,20H,3,15H2,1-2H3. The first-order valence-corrected chi connectivity index (χ1v) is 10.6. The first kappa shape index (κ1) is 19.2. The molecule has 0 bridgehead atoms. The number of amides is 1. The van der Waals surface area contributed by atoms with Crippen molar-refractivity contribution in [3.8, 4) is 5.75 Å². The molecular formula is C21H23NO4S. The summed E-state index contributed by atoms with van der Waals surface area (Å²) in [6, 6.07) is 16.2. The fraction of sp³-hybridized carbons (Fsp3) is 0.286. The van der Waals surface area contributed by atoms with Crippen LogP contribution in [-0.2, 0) is 14.6 Å². The molecule has 1 aliphatic heterocycles. The Labute approximate surface area is 160 Å². The predicted octanol–water partition coefficient (Wildman–Crippen LogP) is 3.53. The molecule has 0 spiro atoms. The third-order valence-corrected chi connectivity index (χ3v) is 6.12. The van der Waals surface area contributed by atoms with E-state index in [-0.39, 0.29) is 17.6 Å². The van der Waals surface area contributed by atoms with Crippen LogP contribution in [0.25, 0.3) is 0 Å². The summed E-state index contributed by atoms with van der Waals surface area (Å²) < 4.78 is 29.1. The average Bonchev–Trinajstić information content (AvgIpc) is 3.03. The first-order valence-electron chi connectivity index (χ1n) is 8.88. The van der Waals surface area contributed by atoms with Gasteiger partial charge in [0.25, 0.3) is 0 Å². The molecule has 6 heteroatoms. The summed E-state index contributed by atoms with van der Waals surface area (Å²) in [5.74, 6) is 0.122. The number of anilines is 1. The van der Waals surface area contributed by atoms with Crippen LogP contribution in [0.1, 0.15) is 24.8 Å². The minimum absolute atomic E-state index is 0.101. The van der Waals surface area contributed by atoms with Crippen LogP contribution in [0.15, 0.2) is 66.1 Å². The predicted molar refractivity (Wildman–Crippen MR) is 107 cm³/mol. The number of sulfone groups is 1. The van der Waals surface area contributed by atoms with Crippen LogP contribution < -0.4 is 9.64 Å². The average molecular weight is 385 g/mol. The lowest BCUT2D eigenvalue weighted by Crippen LogP contribution is -2.43. The summed E-state index contributed by atoms with van der Waals surface area (Å²) in [5.41, 5.74) is 1.58. The molecule has 0 fully saturated rings. The van der Waals surface area contributed by atoms with Gasteiger partial charge in [-0.2, -0.15) is 0 Å². The number of hydrogen-bond donors (Lipinski definition) is 0. The Kier molecular flexibility index (Phi) is 5.65. The zero-order valence-electron chi connectivity index (χ0n) is 15.4. The summed E-state index contributed by atoms with van der Waals surface area (Å²) >= 11 is 0. The van der Waals surface area contributed by atoms with Gasteiger partial charge in [0.15, 0.2) is 9.84 Å². The van der Waals surface area contributed by atoms with Gasteiger partial charge in [0.2, 0.25) is 5.91 Å². The van der Waals surface area contributed by atoms with E-state index >= 15 is 0 Å². The molecule has 2 aromatic carbocycles. The Morgan fingerprint density at radius 1 is 1.15 bits per heavy atom. The van der Waals surface area contributed by atoms with Gasteiger partial charge in [-0.15, -0.1) is 0 Å². The van der Waals surface area contributed by atoms with Crippen molar-refractivity contribution in [1.29, 1.82) is 0 Å². The highest BCUT2D eigenvalue weighted by molar-refractivity contribution is 7.94. The minimum atomic E-state index is -3.29. The Balaban J connectivity index is 2.00. The van der Waals surface area contributed by atoms with Gasteiger partial charge in [0.1, 0.15) is 5.75 Å². The normalized spacial score (nSPS) is 18.8. The van der Waals surface area contributed by atoms with Crippen molar-refractivity contribution in [2.75, 3.05) is 17.8 Å². The largest absolute Gasteiger partial charge is 0.497 e. The van der Waals surface area contributed by atoms with Crippen molar-refractivity contribution in [3.05, 3.63) is 71.6 Å². The molecular weight excluding hydrogens is 362 g/mol. The zero-order chi connectivity index (χ0) is 19.4. The maximum absolute atomic E-state index is 13.5. The van der Waals surface area contributed by atoms with E-state index in [1.807, 2.05) is 37.3 Å². The molecule has 0 saturated heterocycles. The second-order valence-corrected chi connectivity index (χ2v) is 8.43. The highest BCUT2D eigenvalue weighted by Gasteiger charge is 2.34. The lowest BCUT2D eigenvalue weighted by atomic mass is 9.94. The smallest absolute Gasteiger partial charge is 0.235 e. The number of ether oxygens (including phenoxy) is 1. The van der Waals surface area contributed by atoms with Gasteiger partial charge in [0.05, 0.1) is 24.8 Å². The van der Waals surface area contributed by atoms with Crippen LogP contribution in [0.5, 0.6) is 5.75 Å². The zero-order valence-corrected chi connectivity index (χ0v) is 16.2. The van der Waals surface area contributed by atoms with Gasteiger partial charge in [-0.25, -0.2) is 8.42 Å². The van der Waals surface area contributed by atoms with E-state index < -0.39 is 15.9 Å². The van der Waals surface area contributed by atoms with E-state index in [9.17, 15) is 13.2 Å². The van der Waals surface area contributed by atoms with Crippen molar-refractivity contribution in [2.24, 2.45) is 0 Å². The summed E-state index contributed by atoms with van der Waals surface area (Å²) in [6.45, 7) is 1.96. The SMILES string of the molecule is CCC(C(=O)N(c1ccc(OC)cc1)C1C=CS(=O)(=O)C1)c1ccccc1. The van der Waals surface area contributed by atoms with Gasteiger partial charge in [-0.3, -0.25) is 4.79 Å². The van der Waals surface area contributed by atoms with Crippen LogP contribution >= 0.6 is 0 Å². The topological polar surface area (TPSA) is 63.7 Å². The van der Waals surface area contributed by atoms with Crippen molar-refractivity contribution in [2.45, 2.75) is 25.3 Å². The molecule has 27 heavy (non-hydrogen) atoms. The van der Waals surface area contributed by atoms with Crippen molar-refractivity contribution in [3.63, 3.8) is 0 Å². The lowest BCUT2D eigenvalue weighted by molar-refractivity contribution is -0.120. The molecule has 2 unspecified atom stereocenters. The monoisotopic (exact) mass is 385 g/mol. The van der Waals surface area contributed by atoms with Crippen LogP contribution in [-0.4, -0.2) is 33.2 Å². The molecule has 2 aromatic rings. The molecule has 0 N–H and O–H groups in total. The number of nitrogens with zero attached hydrogens (tertiary/aromatic N) is 1. The van der Waals surface area contributed by atoms with Crippen molar-refractivity contribution >= 4 is 21.4 Å². The molecule has 5 nitrogen and oxygen atoms in total. The van der Waals surface area contributed by atoms with Crippen LogP contribution in [0.2, 0.25) is 0 Å². The maximum Gasteiger partial charge on any atom is 0.235 e. The third kappa shape index (κ3) is 4.22. The molecule has 0 aromatic heterocycles. The Hall–Kier alpha value is -2.60. The quantitative estimate of drug-likeness (QED) is 0.763. The van der Waals surface area contributed by atoms with E-state index in [2.05, 4.69) is 0 Å². The van der Waals surface area contributed by atoms with Gasteiger partial charge < -0.3 is 9.64 Å². The number of carbonyl (C=O) groups is 1. The summed E-state index contributed by atoms with van der Waals surface area (Å²) in [5, 5.41) is 1.20. The molecule has 1 amide bonds. The second kappa shape index (κ2) is 7.96. The maximum atomic E-state index is 13.5. The van der Waals surface area contributed by atoms with E-state index in [4.69, 9.17) is 4.74 Å². The van der Waals surface area contributed by atoms with E-state index in [0.717, 1.165) is 5.56 Å². The van der Waals surface area contributed by atoms with E-state index in [1.165, 1.54) is 5.41 Å². The Bertz CT molecular complexity index is 920. The number of rotatable bonds is 6. The second-order valence-electron chi connectivity index (χ2n) is 6.50. The van der Waals surface area contributed by atoms with Gasteiger partial charge in [0, 0.05) is 11.1 Å². The fourth-order valence-electron chi connectivity index (χ4n) is 3.35. The number of methoxy groups -OCH3 is 1. The fourth-order valence-corrected chi connectivity index (χ4v) is 4.62. The van der Waals surface area contributed by atoms with Crippen molar-refractivity contribution in [1.82, 2.24) is 0 Å². The van der Waals surface area contributed by atoms with Gasteiger partial charge in [-0.05, 0) is 42.3 Å². The van der Waals surface area contributed by atoms with Crippen molar-refractivity contribution < 1.29 is 17.9 Å². The van der Waals surface area contributed by atoms with E-state index in [0.29, 0.717) is 17.9 Å². The summed E-state index contributed by atoms with van der Waals surface area (Å²) in [6.07, 6.45) is 2.22. The highest BCUT2D eigenvalue weighted by Crippen LogP contribution is 2.30. The number of benzene rings is 2. The van der Waals surface area contributed by atoms with Crippen LogP contribution in [0.4, 0.5) is 5.69 Å². The molecule has 142 valence electrons. The van der Waals surface area contributed by atoms with E-state index in [1.54, 1.807) is 42.4 Å². The number of carbonyl (C=O) groups excluding carboxylic acids is 1. The summed E-state index contributed by atoms with van der Waals surface area (Å²) in [4.78, 5) is 15.1. The molecule has 1 aliphatic rings. The van der Waals surface area contributed by atoms with Crippen LogP contribution in [0.3, 0.4) is 0 Å². The minimum Gasteiger partial charge on any atom is -0.497 e. The lowest BCUT2D eigenvalue weighted by Gasteiger charge is -2.31. The number of hydrogen-bond acceptors (Lipinski definition) is 4. The molecule has 1 heterocycles. The first-order chi connectivity index (χ1) is 12.9. The molecule has 0 saturated carbocycles. The molecule has 3 rings (SSSR count). The highest BCUT2D eigenvalue weighted by atomic mass is 32.2. The van der Waals surface area contributed by atoms with Gasteiger partial charge >= 0.3 is 0 Å². The molecule has 0 aliphatic carbocycles. The molecule has 2 atom stereocenters. The summed E-state index contributed by atoms with van der Waals surface area (Å²) in [7, 11) is -1.71.